The summed E-state index contributed by atoms with van der Waals surface area (Å²) in [4.78, 5) is 14.8. The molecule has 6 heteroatoms. The first-order valence-corrected chi connectivity index (χ1v) is 10.9. The van der Waals surface area contributed by atoms with E-state index in [0.717, 1.165) is 24.9 Å². The number of hydrogen-bond acceptors (Lipinski definition) is 4. The van der Waals surface area contributed by atoms with Crippen molar-refractivity contribution in [3.8, 4) is 11.5 Å². The van der Waals surface area contributed by atoms with Crippen LogP contribution in [0.3, 0.4) is 0 Å². The second-order valence-corrected chi connectivity index (χ2v) is 8.34. The fraction of sp³-hybridized carbons (Fsp3) is 0.480. The molecule has 0 spiro atoms. The summed E-state index contributed by atoms with van der Waals surface area (Å²) in [6.07, 6.45) is 1.57. The van der Waals surface area contributed by atoms with Crippen LogP contribution in [-0.2, 0) is 17.8 Å². The largest absolute Gasteiger partial charge is 0.493 e. The zero-order chi connectivity index (χ0) is 22.5. The first kappa shape index (κ1) is 23.1. The molecule has 2 aromatic rings. The van der Waals surface area contributed by atoms with Crippen LogP contribution < -0.4 is 14.8 Å². The van der Waals surface area contributed by atoms with Gasteiger partial charge in [0.05, 0.1) is 20.3 Å². The van der Waals surface area contributed by atoms with E-state index in [0.29, 0.717) is 23.6 Å². The average molecular weight is 429 g/mol. The van der Waals surface area contributed by atoms with Crippen molar-refractivity contribution in [2.75, 3.05) is 20.8 Å². The number of carbonyl (C=O) groups is 1. The molecule has 5 nitrogen and oxygen atoms in total. The summed E-state index contributed by atoms with van der Waals surface area (Å²) in [7, 11) is 3.25. The Bertz CT molecular complexity index is 916. The molecule has 1 N–H and O–H groups in total. The van der Waals surface area contributed by atoms with E-state index >= 15 is 0 Å². The van der Waals surface area contributed by atoms with Gasteiger partial charge in [0.25, 0.3) is 0 Å². The van der Waals surface area contributed by atoms with Gasteiger partial charge in [-0.05, 0) is 42.2 Å². The molecule has 0 fully saturated rings. The molecule has 0 saturated carbocycles. The summed E-state index contributed by atoms with van der Waals surface area (Å²) in [6, 6.07) is 10.7. The van der Waals surface area contributed by atoms with Crippen LogP contribution >= 0.6 is 0 Å². The number of fused-ring (bicyclic) bond motifs is 1. The highest BCUT2D eigenvalue weighted by molar-refractivity contribution is 5.78. The fourth-order valence-electron chi connectivity index (χ4n) is 4.28. The maximum Gasteiger partial charge on any atom is 0.222 e. The van der Waals surface area contributed by atoms with Crippen LogP contribution in [0.1, 0.15) is 49.9 Å². The molecule has 0 saturated heterocycles. The number of amides is 1. The molecule has 1 heterocycles. The molecule has 1 aliphatic heterocycles. The van der Waals surface area contributed by atoms with E-state index in [-0.39, 0.29) is 29.7 Å². The molecule has 3 rings (SSSR count). The molecule has 31 heavy (non-hydrogen) atoms. The van der Waals surface area contributed by atoms with Gasteiger partial charge in [0.15, 0.2) is 11.5 Å². The van der Waals surface area contributed by atoms with E-state index < -0.39 is 0 Å². The lowest BCUT2D eigenvalue weighted by Gasteiger charge is -2.42. The van der Waals surface area contributed by atoms with Gasteiger partial charge in [-0.2, -0.15) is 0 Å². The second-order valence-electron chi connectivity index (χ2n) is 8.34. The SMILES string of the molecule is CC[C@H](NC(=O)C(C)C)[C@@H]1c2cc(OC)c(OC)cc2CCN1Cc1ccccc1F. The van der Waals surface area contributed by atoms with Crippen LogP contribution in [0, 0.1) is 11.7 Å². The van der Waals surface area contributed by atoms with Crippen molar-refractivity contribution in [3.05, 3.63) is 58.9 Å². The molecule has 0 aromatic heterocycles. The van der Waals surface area contributed by atoms with Gasteiger partial charge in [-0.25, -0.2) is 4.39 Å². The third-order valence-electron chi connectivity index (χ3n) is 6.03. The minimum absolute atomic E-state index is 0.0188. The number of nitrogens with one attached hydrogen (secondary N) is 1. The number of carbonyl (C=O) groups excluding carboxylic acids is 1. The smallest absolute Gasteiger partial charge is 0.222 e. The van der Waals surface area contributed by atoms with Gasteiger partial charge >= 0.3 is 0 Å². The number of methoxy groups -OCH3 is 2. The predicted molar refractivity (Wildman–Crippen MR) is 120 cm³/mol. The highest BCUT2D eigenvalue weighted by atomic mass is 19.1. The summed E-state index contributed by atoms with van der Waals surface area (Å²) in [5.41, 5.74) is 2.92. The highest BCUT2D eigenvalue weighted by Crippen LogP contribution is 2.40. The Morgan fingerprint density at radius 2 is 1.87 bits per heavy atom. The minimum atomic E-state index is -0.210. The first-order valence-electron chi connectivity index (χ1n) is 10.9. The normalized spacial score (nSPS) is 17.2. The Morgan fingerprint density at radius 1 is 1.19 bits per heavy atom. The van der Waals surface area contributed by atoms with Gasteiger partial charge < -0.3 is 14.8 Å². The van der Waals surface area contributed by atoms with E-state index in [2.05, 4.69) is 17.1 Å². The summed E-state index contributed by atoms with van der Waals surface area (Å²) < 4.78 is 25.5. The molecule has 168 valence electrons. The fourth-order valence-corrected chi connectivity index (χ4v) is 4.28. The van der Waals surface area contributed by atoms with Gasteiger partial charge in [0.2, 0.25) is 5.91 Å². The van der Waals surface area contributed by atoms with Crippen LogP contribution in [0.25, 0.3) is 0 Å². The van der Waals surface area contributed by atoms with Crippen LogP contribution in [0.2, 0.25) is 0 Å². The number of benzene rings is 2. The van der Waals surface area contributed by atoms with Crippen LogP contribution in [0.15, 0.2) is 36.4 Å². The van der Waals surface area contributed by atoms with Gasteiger partial charge in [-0.3, -0.25) is 9.69 Å². The molecule has 0 bridgehead atoms. The molecule has 0 radical (unpaired) electrons. The predicted octanol–water partition coefficient (Wildman–Crippen LogP) is 4.49. The van der Waals surface area contributed by atoms with E-state index in [9.17, 15) is 9.18 Å². The van der Waals surface area contributed by atoms with Crippen molar-refractivity contribution in [2.45, 2.75) is 52.2 Å². The maximum absolute atomic E-state index is 14.5. The number of nitrogens with zero attached hydrogens (tertiary/aromatic N) is 1. The highest BCUT2D eigenvalue weighted by Gasteiger charge is 2.35. The quantitative estimate of drug-likeness (QED) is 0.673. The lowest BCUT2D eigenvalue weighted by atomic mass is 9.86. The second kappa shape index (κ2) is 10.1. The summed E-state index contributed by atoms with van der Waals surface area (Å²) >= 11 is 0. The Hall–Kier alpha value is -2.60. The molecule has 1 amide bonds. The van der Waals surface area contributed by atoms with Gasteiger partial charge in [-0.1, -0.05) is 39.0 Å². The average Bonchev–Trinajstić information content (AvgIpc) is 2.77. The lowest BCUT2D eigenvalue weighted by Crippen LogP contribution is -2.49. The molecule has 2 aromatic carbocycles. The van der Waals surface area contributed by atoms with Crippen LogP contribution in [0.5, 0.6) is 11.5 Å². The van der Waals surface area contributed by atoms with E-state index in [4.69, 9.17) is 9.47 Å². The topological polar surface area (TPSA) is 50.8 Å². The van der Waals surface area contributed by atoms with E-state index in [1.807, 2.05) is 38.1 Å². The van der Waals surface area contributed by atoms with Gasteiger partial charge in [-0.15, -0.1) is 0 Å². The molecule has 0 aliphatic carbocycles. The van der Waals surface area contributed by atoms with Crippen LogP contribution in [-0.4, -0.2) is 37.6 Å². The van der Waals surface area contributed by atoms with Crippen molar-refractivity contribution in [1.82, 2.24) is 10.2 Å². The third kappa shape index (κ3) is 5.01. The number of ether oxygens (including phenoxy) is 2. The first-order chi connectivity index (χ1) is 14.9. The zero-order valence-electron chi connectivity index (χ0n) is 19.1. The van der Waals surface area contributed by atoms with Crippen molar-refractivity contribution >= 4 is 5.91 Å². The number of hydrogen-bond donors (Lipinski definition) is 1. The van der Waals surface area contributed by atoms with E-state index in [1.165, 1.54) is 11.6 Å². The maximum atomic E-state index is 14.5. The van der Waals surface area contributed by atoms with Crippen LogP contribution in [0.4, 0.5) is 4.39 Å². The Kier molecular flexibility index (Phi) is 7.55. The third-order valence-corrected chi connectivity index (χ3v) is 6.03. The molecule has 0 unspecified atom stereocenters. The summed E-state index contributed by atoms with van der Waals surface area (Å²) in [6.45, 7) is 7.08. The van der Waals surface area contributed by atoms with Crippen molar-refractivity contribution in [2.24, 2.45) is 5.92 Å². The monoisotopic (exact) mass is 428 g/mol. The lowest BCUT2D eigenvalue weighted by molar-refractivity contribution is -0.125. The molecule has 1 aliphatic rings. The summed E-state index contributed by atoms with van der Waals surface area (Å²) in [5, 5.41) is 3.23. The van der Waals surface area contributed by atoms with Crippen molar-refractivity contribution in [3.63, 3.8) is 0 Å². The minimum Gasteiger partial charge on any atom is -0.493 e. The number of halogens is 1. The summed E-state index contributed by atoms with van der Waals surface area (Å²) in [5.74, 6) is 1.05. The standard InChI is InChI=1S/C25H33FN2O3/c1-6-21(27-25(29)16(2)3)24-19-14-23(31-5)22(30-4)13-17(19)11-12-28(24)15-18-9-7-8-10-20(18)26/h7-10,13-14,16,21,24H,6,11-12,15H2,1-5H3,(H,27,29)/t21-,24-/m0/s1. The zero-order valence-corrected chi connectivity index (χ0v) is 19.1. The Labute approximate surface area is 184 Å². The van der Waals surface area contributed by atoms with E-state index in [1.54, 1.807) is 20.3 Å². The van der Waals surface area contributed by atoms with Crippen molar-refractivity contribution < 1.29 is 18.7 Å². The Balaban J connectivity index is 2.05. The number of rotatable bonds is 8. The molecule has 2 atom stereocenters. The van der Waals surface area contributed by atoms with Crippen molar-refractivity contribution in [1.29, 1.82) is 0 Å². The van der Waals surface area contributed by atoms with Gasteiger partial charge in [0.1, 0.15) is 5.82 Å². The van der Waals surface area contributed by atoms with Gasteiger partial charge in [0, 0.05) is 30.6 Å². The Morgan fingerprint density at radius 3 is 2.48 bits per heavy atom. The molecular weight excluding hydrogens is 395 g/mol. The molecular formula is C25H33FN2O3.